The van der Waals surface area contributed by atoms with Crippen molar-refractivity contribution < 1.29 is 14.7 Å². The van der Waals surface area contributed by atoms with Crippen molar-refractivity contribution in [3.63, 3.8) is 0 Å². The van der Waals surface area contributed by atoms with Gasteiger partial charge in [0.2, 0.25) is 0 Å². The van der Waals surface area contributed by atoms with Gasteiger partial charge < -0.3 is 10.4 Å². The Labute approximate surface area is 115 Å². The van der Waals surface area contributed by atoms with E-state index in [1.165, 1.54) is 6.20 Å². The molecular formula is C13H16N4O3. The number of nitrogens with one attached hydrogen (secondary N) is 1. The number of amides is 1. The molecular weight excluding hydrogens is 260 g/mol. The van der Waals surface area contributed by atoms with Crippen LogP contribution in [0.2, 0.25) is 0 Å². The Hall–Kier alpha value is -2.44. The fourth-order valence-electron chi connectivity index (χ4n) is 1.96. The van der Waals surface area contributed by atoms with Crippen LogP contribution >= 0.6 is 0 Å². The summed E-state index contributed by atoms with van der Waals surface area (Å²) in [5.41, 5.74) is 2.40. The third-order valence-electron chi connectivity index (χ3n) is 3.10. The van der Waals surface area contributed by atoms with E-state index >= 15 is 0 Å². The van der Waals surface area contributed by atoms with E-state index in [4.69, 9.17) is 5.11 Å². The molecule has 0 saturated heterocycles. The van der Waals surface area contributed by atoms with Crippen LogP contribution < -0.4 is 5.32 Å². The summed E-state index contributed by atoms with van der Waals surface area (Å²) in [6.45, 7) is 5.29. The van der Waals surface area contributed by atoms with E-state index in [0.29, 0.717) is 23.3 Å². The minimum absolute atomic E-state index is 0.316. The lowest BCUT2D eigenvalue weighted by Crippen LogP contribution is -2.40. The number of aromatic nitrogens is 3. The van der Waals surface area contributed by atoms with Crippen LogP contribution in [0.5, 0.6) is 0 Å². The van der Waals surface area contributed by atoms with Gasteiger partial charge in [0.25, 0.3) is 5.91 Å². The van der Waals surface area contributed by atoms with Gasteiger partial charge in [-0.1, -0.05) is 6.92 Å². The summed E-state index contributed by atoms with van der Waals surface area (Å²) in [6.07, 6.45) is 1.76. The Morgan fingerprint density at radius 1 is 1.45 bits per heavy atom. The Bertz CT molecular complexity index is 678. The fourth-order valence-corrected chi connectivity index (χ4v) is 1.96. The average molecular weight is 276 g/mol. The first kappa shape index (κ1) is 14.0. The molecule has 2 N–H and O–H groups in total. The van der Waals surface area contributed by atoms with Crippen molar-refractivity contribution in [3.05, 3.63) is 29.2 Å². The Morgan fingerprint density at radius 3 is 2.75 bits per heavy atom. The maximum Gasteiger partial charge on any atom is 0.326 e. The number of rotatable bonds is 4. The average Bonchev–Trinajstić information content (AvgIpc) is 2.77. The third kappa shape index (κ3) is 2.47. The van der Waals surface area contributed by atoms with Crippen LogP contribution in [0, 0.1) is 13.8 Å². The summed E-state index contributed by atoms with van der Waals surface area (Å²) >= 11 is 0. The molecule has 2 aromatic heterocycles. The van der Waals surface area contributed by atoms with Gasteiger partial charge >= 0.3 is 5.97 Å². The molecule has 0 fully saturated rings. The van der Waals surface area contributed by atoms with Crippen molar-refractivity contribution >= 4 is 17.5 Å². The Balaban J connectivity index is 2.35. The third-order valence-corrected chi connectivity index (χ3v) is 3.10. The normalized spacial score (nSPS) is 12.3. The predicted molar refractivity (Wildman–Crippen MR) is 71.6 cm³/mol. The van der Waals surface area contributed by atoms with Crippen molar-refractivity contribution in [1.82, 2.24) is 19.9 Å². The van der Waals surface area contributed by atoms with Crippen LogP contribution in [0.25, 0.3) is 5.65 Å². The zero-order chi connectivity index (χ0) is 14.9. The van der Waals surface area contributed by atoms with Gasteiger partial charge in [0.05, 0.1) is 17.0 Å². The minimum Gasteiger partial charge on any atom is -0.480 e. The second-order valence-corrected chi connectivity index (χ2v) is 4.59. The zero-order valence-corrected chi connectivity index (χ0v) is 11.5. The summed E-state index contributed by atoms with van der Waals surface area (Å²) in [4.78, 5) is 27.2. The van der Waals surface area contributed by atoms with Gasteiger partial charge in [-0.3, -0.25) is 4.79 Å². The number of nitrogens with zero attached hydrogens (tertiary/aromatic N) is 3. The molecule has 7 heteroatoms. The lowest BCUT2D eigenvalue weighted by Gasteiger charge is -2.13. The largest absolute Gasteiger partial charge is 0.480 e. The second kappa shape index (κ2) is 5.28. The zero-order valence-electron chi connectivity index (χ0n) is 11.5. The second-order valence-electron chi connectivity index (χ2n) is 4.59. The van der Waals surface area contributed by atoms with Crippen molar-refractivity contribution in [2.75, 3.05) is 0 Å². The highest BCUT2D eigenvalue weighted by Crippen LogP contribution is 2.11. The smallest absolute Gasteiger partial charge is 0.326 e. The SMILES string of the molecule is CC[C@@H](NC(=O)c1cnc2cc(C)nn2c1C)C(=O)O. The predicted octanol–water partition coefficient (Wildman–Crippen LogP) is 0.939. The number of fused-ring (bicyclic) bond motifs is 1. The molecule has 1 amide bonds. The highest BCUT2D eigenvalue weighted by molar-refractivity contribution is 5.97. The van der Waals surface area contributed by atoms with E-state index < -0.39 is 17.9 Å². The molecule has 106 valence electrons. The highest BCUT2D eigenvalue weighted by Gasteiger charge is 2.21. The number of carboxylic acid groups (broad SMARTS) is 1. The highest BCUT2D eigenvalue weighted by atomic mass is 16.4. The number of aryl methyl sites for hydroxylation is 2. The van der Waals surface area contributed by atoms with Crippen molar-refractivity contribution in [2.24, 2.45) is 0 Å². The Morgan fingerprint density at radius 2 is 2.15 bits per heavy atom. The molecule has 0 aliphatic carbocycles. The van der Waals surface area contributed by atoms with Crippen LogP contribution in [-0.4, -0.2) is 37.6 Å². The summed E-state index contributed by atoms with van der Waals surface area (Å²) in [5, 5.41) is 15.7. The van der Waals surface area contributed by atoms with Gasteiger partial charge in [-0.15, -0.1) is 0 Å². The molecule has 0 aromatic carbocycles. The topological polar surface area (TPSA) is 96.6 Å². The fraction of sp³-hybridized carbons (Fsp3) is 0.385. The lowest BCUT2D eigenvalue weighted by atomic mass is 10.2. The quantitative estimate of drug-likeness (QED) is 0.866. The lowest BCUT2D eigenvalue weighted by molar-refractivity contribution is -0.139. The van der Waals surface area contributed by atoms with E-state index in [9.17, 15) is 9.59 Å². The minimum atomic E-state index is -1.05. The maximum absolute atomic E-state index is 12.1. The van der Waals surface area contributed by atoms with Crippen LogP contribution in [0.3, 0.4) is 0 Å². The van der Waals surface area contributed by atoms with Gasteiger partial charge in [0, 0.05) is 12.3 Å². The number of carbonyl (C=O) groups excluding carboxylic acids is 1. The van der Waals surface area contributed by atoms with E-state index in [-0.39, 0.29) is 0 Å². The molecule has 0 saturated carbocycles. The molecule has 7 nitrogen and oxygen atoms in total. The first-order valence-corrected chi connectivity index (χ1v) is 6.29. The standard InChI is InChI=1S/C13H16N4O3/c1-4-10(13(19)20)15-12(18)9-6-14-11-5-7(2)16-17(11)8(9)3/h5-6,10H,4H2,1-3H3,(H,15,18)(H,19,20)/t10-/m1/s1. The first-order chi connectivity index (χ1) is 9.43. The Kier molecular flexibility index (Phi) is 3.69. The van der Waals surface area contributed by atoms with Crippen molar-refractivity contribution in [1.29, 1.82) is 0 Å². The van der Waals surface area contributed by atoms with Crippen LogP contribution in [0.15, 0.2) is 12.3 Å². The van der Waals surface area contributed by atoms with Gasteiger partial charge in [0.1, 0.15) is 6.04 Å². The van der Waals surface area contributed by atoms with Crippen LogP contribution in [-0.2, 0) is 4.79 Å². The maximum atomic E-state index is 12.1. The molecule has 2 heterocycles. The van der Waals surface area contributed by atoms with Crippen LogP contribution in [0.1, 0.15) is 35.1 Å². The summed E-state index contributed by atoms with van der Waals surface area (Å²) in [7, 11) is 0. The summed E-state index contributed by atoms with van der Waals surface area (Å²) < 4.78 is 1.58. The number of hydrogen-bond acceptors (Lipinski definition) is 4. The molecule has 0 bridgehead atoms. The summed E-state index contributed by atoms with van der Waals surface area (Å²) in [6, 6.07) is 0.901. The van der Waals surface area contributed by atoms with Gasteiger partial charge in [-0.05, 0) is 20.3 Å². The number of aliphatic carboxylic acids is 1. The molecule has 0 radical (unpaired) electrons. The van der Waals surface area contributed by atoms with Gasteiger partial charge in [-0.2, -0.15) is 5.10 Å². The molecule has 20 heavy (non-hydrogen) atoms. The molecule has 2 aromatic rings. The number of carboxylic acids is 1. The van der Waals surface area contributed by atoms with E-state index in [1.807, 2.05) is 6.92 Å². The van der Waals surface area contributed by atoms with Gasteiger partial charge in [0.15, 0.2) is 5.65 Å². The van der Waals surface area contributed by atoms with E-state index in [0.717, 1.165) is 5.69 Å². The molecule has 0 unspecified atom stereocenters. The number of carbonyl (C=O) groups is 2. The monoisotopic (exact) mass is 276 g/mol. The molecule has 2 rings (SSSR count). The first-order valence-electron chi connectivity index (χ1n) is 6.29. The molecule has 1 atom stereocenters. The van der Waals surface area contributed by atoms with Crippen molar-refractivity contribution in [3.8, 4) is 0 Å². The van der Waals surface area contributed by atoms with Gasteiger partial charge in [-0.25, -0.2) is 14.3 Å². The molecule has 0 aliphatic heterocycles. The van der Waals surface area contributed by atoms with E-state index in [1.54, 1.807) is 24.4 Å². The number of hydrogen-bond donors (Lipinski definition) is 2. The van der Waals surface area contributed by atoms with Crippen LogP contribution in [0.4, 0.5) is 0 Å². The molecule has 0 spiro atoms. The molecule has 0 aliphatic rings. The van der Waals surface area contributed by atoms with Crippen molar-refractivity contribution in [2.45, 2.75) is 33.2 Å². The van der Waals surface area contributed by atoms with E-state index in [2.05, 4.69) is 15.4 Å². The summed E-state index contributed by atoms with van der Waals surface area (Å²) in [5.74, 6) is -1.51.